The molecule has 19 heavy (non-hydrogen) atoms. The number of halogens is 1. The third kappa shape index (κ3) is 3.17. The topological polar surface area (TPSA) is 64.9 Å². The van der Waals surface area contributed by atoms with Crippen LogP contribution in [0, 0.1) is 18.7 Å². The molecule has 1 heterocycles. The van der Waals surface area contributed by atoms with Gasteiger partial charge in [-0.1, -0.05) is 19.0 Å². The lowest BCUT2D eigenvalue weighted by atomic mass is 10.0. The molecule has 0 amide bonds. The molecule has 0 aliphatic carbocycles. The standard InChI is InChI=1S/C14H18FN3O/c1-8(2)6-12(16)14-17-13(18-19-14)10-4-5-11(15)9(3)7-10/h4-5,7-8,12H,6,16H2,1-3H3. The molecule has 0 aliphatic rings. The van der Waals surface area contributed by atoms with Crippen molar-refractivity contribution in [3.63, 3.8) is 0 Å². The van der Waals surface area contributed by atoms with Crippen LogP contribution in [0.25, 0.3) is 11.4 Å². The van der Waals surface area contributed by atoms with Gasteiger partial charge in [-0.15, -0.1) is 0 Å². The Bertz CT molecular complexity index is 566. The van der Waals surface area contributed by atoms with Crippen molar-refractivity contribution < 1.29 is 8.91 Å². The van der Waals surface area contributed by atoms with Crippen molar-refractivity contribution in [2.75, 3.05) is 0 Å². The molecule has 1 unspecified atom stereocenters. The molecule has 4 nitrogen and oxygen atoms in total. The van der Waals surface area contributed by atoms with Gasteiger partial charge in [-0.05, 0) is 43.0 Å². The van der Waals surface area contributed by atoms with E-state index in [1.54, 1.807) is 19.1 Å². The second kappa shape index (κ2) is 5.48. The van der Waals surface area contributed by atoms with E-state index in [1.165, 1.54) is 6.07 Å². The van der Waals surface area contributed by atoms with Gasteiger partial charge in [0.25, 0.3) is 0 Å². The Labute approximate surface area is 111 Å². The summed E-state index contributed by atoms with van der Waals surface area (Å²) in [7, 11) is 0. The lowest BCUT2D eigenvalue weighted by Gasteiger charge is -2.08. The van der Waals surface area contributed by atoms with Gasteiger partial charge in [0.15, 0.2) is 0 Å². The number of aryl methyl sites for hydroxylation is 1. The maximum absolute atomic E-state index is 13.2. The summed E-state index contributed by atoms with van der Waals surface area (Å²) in [6.45, 7) is 5.87. The van der Waals surface area contributed by atoms with Crippen LogP contribution in [0.3, 0.4) is 0 Å². The van der Waals surface area contributed by atoms with Gasteiger partial charge in [0, 0.05) is 5.56 Å². The fraction of sp³-hybridized carbons (Fsp3) is 0.429. The summed E-state index contributed by atoms with van der Waals surface area (Å²) < 4.78 is 18.4. The molecule has 0 spiro atoms. The van der Waals surface area contributed by atoms with E-state index >= 15 is 0 Å². The Balaban J connectivity index is 2.22. The minimum Gasteiger partial charge on any atom is -0.337 e. The molecule has 5 heteroatoms. The second-order valence-electron chi connectivity index (χ2n) is 5.16. The normalized spacial score (nSPS) is 12.9. The van der Waals surface area contributed by atoms with E-state index in [0.29, 0.717) is 23.2 Å². The number of hydrogen-bond acceptors (Lipinski definition) is 4. The van der Waals surface area contributed by atoms with Gasteiger partial charge in [0.05, 0.1) is 6.04 Å². The zero-order chi connectivity index (χ0) is 14.0. The van der Waals surface area contributed by atoms with Crippen LogP contribution in [-0.2, 0) is 0 Å². The summed E-state index contributed by atoms with van der Waals surface area (Å²) >= 11 is 0. The molecule has 102 valence electrons. The number of aromatic nitrogens is 2. The predicted octanol–water partition coefficient (Wildman–Crippen LogP) is 3.23. The van der Waals surface area contributed by atoms with Gasteiger partial charge >= 0.3 is 0 Å². The zero-order valence-corrected chi connectivity index (χ0v) is 11.4. The fourth-order valence-electron chi connectivity index (χ4n) is 1.90. The van der Waals surface area contributed by atoms with Crippen LogP contribution in [-0.4, -0.2) is 10.1 Å². The lowest BCUT2D eigenvalue weighted by Crippen LogP contribution is -2.13. The summed E-state index contributed by atoms with van der Waals surface area (Å²) in [5.74, 6) is 1.07. The summed E-state index contributed by atoms with van der Waals surface area (Å²) in [6.07, 6.45) is 0.782. The summed E-state index contributed by atoms with van der Waals surface area (Å²) in [5, 5.41) is 3.90. The molecule has 1 aromatic heterocycles. The second-order valence-corrected chi connectivity index (χ2v) is 5.16. The smallest absolute Gasteiger partial charge is 0.243 e. The third-order valence-electron chi connectivity index (χ3n) is 2.90. The van der Waals surface area contributed by atoms with E-state index in [-0.39, 0.29) is 11.9 Å². The van der Waals surface area contributed by atoms with Crippen LogP contribution in [0.15, 0.2) is 22.7 Å². The number of benzene rings is 1. The largest absolute Gasteiger partial charge is 0.337 e. The molecule has 0 saturated carbocycles. The van der Waals surface area contributed by atoms with Gasteiger partial charge < -0.3 is 10.3 Å². The molecule has 0 radical (unpaired) electrons. The number of nitrogens with two attached hydrogens (primary N) is 1. The van der Waals surface area contributed by atoms with Gasteiger partial charge in [-0.2, -0.15) is 4.98 Å². The van der Waals surface area contributed by atoms with Crippen molar-refractivity contribution in [2.24, 2.45) is 11.7 Å². The molecular weight excluding hydrogens is 245 g/mol. The summed E-state index contributed by atoms with van der Waals surface area (Å²) in [6, 6.07) is 4.46. The highest BCUT2D eigenvalue weighted by Crippen LogP contribution is 2.22. The van der Waals surface area contributed by atoms with Gasteiger partial charge in [-0.25, -0.2) is 4.39 Å². The van der Waals surface area contributed by atoms with E-state index in [0.717, 1.165) is 12.0 Å². The van der Waals surface area contributed by atoms with Crippen molar-refractivity contribution in [2.45, 2.75) is 33.2 Å². The van der Waals surface area contributed by atoms with Crippen molar-refractivity contribution in [1.82, 2.24) is 10.1 Å². The minimum atomic E-state index is -0.261. The molecule has 2 aromatic rings. The highest BCUT2D eigenvalue weighted by Gasteiger charge is 2.17. The molecular formula is C14H18FN3O. The summed E-state index contributed by atoms with van der Waals surface area (Å²) in [4.78, 5) is 4.28. The first-order chi connectivity index (χ1) is 8.97. The third-order valence-corrected chi connectivity index (χ3v) is 2.90. The molecule has 2 N–H and O–H groups in total. The zero-order valence-electron chi connectivity index (χ0n) is 11.4. The maximum atomic E-state index is 13.2. The number of nitrogens with zero attached hydrogens (tertiary/aromatic N) is 2. The van der Waals surface area contributed by atoms with E-state index in [4.69, 9.17) is 10.3 Å². The molecule has 0 fully saturated rings. The Kier molecular flexibility index (Phi) is 3.95. The quantitative estimate of drug-likeness (QED) is 0.919. The Hall–Kier alpha value is -1.75. The first-order valence-electron chi connectivity index (χ1n) is 6.33. The van der Waals surface area contributed by atoms with Crippen molar-refractivity contribution in [3.8, 4) is 11.4 Å². The van der Waals surface area contributed by atoms with Crippen LogP contribution in [0.5, 0.6) is 0 Å². The van der Waals surface area contributed by atoms with E-state index < -0.39 is 0 Å². The van der Waals surface area contributed by atoms with Crippen LogP contribution in [0.4, 0.5) is 4.39 Å². The minimum absolute atomic E-state index is 0.246. The first-order valence-corrected chi connectivity index (χ1v) is 6.33. The van der Waals surface area contributed by atoms with Crippen molar-refractivity contribution >= 4 is 0 Å². The van der Waals surface area contributed by atoms with Gasteiger partial charge in [0.1, 0.15) is 5.82 Å². The highest BCUT2D eigenvalue weighted by molar-refractivity contribution is 5.55. The van der Waals surface area contributed by atoms with Gasteiger partial charge in [0.2, 0.25) is 11.7 Å². The monoisotopic (exact) mass is 263 g/mol. The Morgan fingerprint density at radius 1 is 1.37 bits per heavy atom. The van der Waals surface area contributed by atoms with Crippen LogP contribution in [0.2, 0.25) is 0 Å². The van der Waals surface area contributed by atoms with E-state index in [9.17, 15) is 4.39 Å². The maximum Gasteiger partial charge on any atom is 0.243 e. The molecule has 1 aromatic carbocycles. The van der Waals surface area contributed by atoms with Crippen LogP contribution in [0.1, 0.15) is 37.8 Å². The van der Waals surface area contributed by atoms with Crippen molar-refractivity contribution in [1.29, 1.82) is 0 Å². The lowest BCUT2D eigenvalue weighted by molar-refractivity contribution is 0.335. The first kappa shape index (κ1) is 13.7. The predicted molar refractivity (Wildman–Crippen MR) is 70.8 cm³/mol. The number of hydrogen-bond donors (Lipinski definition) is 1. The average Bonchev–Trinajstić information content (AvgIpc) is 2.81. The van der Waals surface area contributed by atoms with Crippen LogP contribution >= 0.6 is 0 Å². The Morgan fingerprint density at radius 3 is 2.74 bits per heavy atom. The SMILES string of the molecule is Cc1cc(-c2noc(C(N)CC(C)C)n2)ccc1F. The van der Waals surface area contributed by atoms with E-state index in [1.807, 2.05) is 0 Å². The number of rotatable bonds is 4. The Morgan fingerprint density at radius 2 is 2.11 bits per heavy atom. The molecule has 0 saturated heterocycles. The average molecular weight is 263 g/mol. The fourth-order valence-corrected chi connectivity index (χ4v) is 1.90. The van der Waals surface area contributed by atoms with Crippen LogP contribution < -0.4 is 5.73 Å². The van der Waals surface area contributed by atoms with Crippen molar-refractivity contribution in [3.05, 3.63) is 35.5 Å². The molecule has 0 bridgehead atoms. The molecule has 0 aliphatic heterocycles. The molecule has 2 rings (SSSR count). The van der Waals surface area contributed by atoms with Gasteiger partial charge in [-0.3, -0.25) is 0 Å². The summed E-state index contributed by atoms with van der Waals surface area (Å²) in [5.41, 5.74) is 7.26. The highest BCUT2D eigenvalue weighted by atomic mass is 19.1. The van der Waals surface area contributed by atoms with E-state index in [2.05, 4.69) is 24.0 Å². The molecule has 1 atom stereocenters.